The predicted molar refractivity (Wildman–Crippen MR) is 133 cm³/mol. The third-order valence-electron chi connectivity index (χ3n) is 7.02. The summed E-state index contributed by atoms with van der Waals surface area (Å²) in [5.41, 5.74) is 1.17. The molecule has 5 rings (SSSR count). The largest absolute Gasteiger partial charge is 0.390 e. The summed E-state index contributed by atoms with van der Waals surface area (Å²) in [6, 6.07) is 3.65. The van der Waals surface area contributed by atoms with Gasteiger partial charge in [0.2, 0.25) is 5.95 Å². The van der Waals surface area contributed by atoms with Gasteiger partial charge in [0.15, 0.2) is 0 Å². The smallest absolute Gasteiger partial charge is 0.226 e. The molecule has 0 saturated heterocycles. The quantitative estimate of drug-likeness (QED) is 0.344. The average molecular weight is 496 g/mol. The van der Waals surface area contributed by atoms with Gasteiger partial charge in [0.05, 0.1) is 45.5 Å². The van der Waals surface area contributed by atoms with E-state index < -0.39 is 35.3 Å². The molecule has 10 nitrogen and oxygen atoms in total. The Labute approximate surface area is 207 Å². The number of hydrogen-bond donors (Lipinski definition) is 5. The van der Waals surface area contributed by atoms with Gasteiger partial charge in [0, 0.05) is 12.1 Å². The summed E-state index contributed by atoms with van der Waals surface area (Å²) in [5.74, 6) is 0.258. The highest BCUT2D eigenvalue weighted by molar-refractivity contribution is 7.21. The van der Waals surface area contributed by atoms with Crippen molar-refractivity contribution in [1.29, 1.82) is 5.26 Å². The van der Waals surface area contributed by atoms with E-state index in [9.17, 15) is 20.6 Å². The minimum Gasteiger partial charge on any atom is -0.390 e. The fourth-order valence-electron chi connectivity index (χ4n) is 4.74. The maximum atomic E-state index is 10.8. The Hall–Kier alpha value is -2.91. The number of aliphatic hydroxyl groups excluding tert-OH is 2. The van der Waals surface area contributed by atoms with Gasteiger partial charge in [0.1, 0.15) is 28.0 Å². The van der Waals surface area contributed by atoms with Crippen LogP contribution in [0.4, 0.5) is 11.8 Å². The number of aliphatic hydroxyl groups is 3. The zero-order chi connectivity index (χ0) is 25.1. The van der Waals surface area contributed by atoms with Crippen molar-refractivity contribution in [2.24, 2.45) is 5.92 Å². The number of pyridine rings is 1. The van der Waals surface area contributed by atoms with Gasteiger partial charge in [-0.2, -0.15) is 10.2 Å². The van der Waals surface area contributed by atoms with Crippen LogP contribution in [0.3, 0.4) is 0 Å². The first kappa shape index (κ1) is 23.8. The lowest BCUT2D eigenvalue weighted by Gasteiger charge is -2.28. The summed E-state index contributed by atoms with van der Waals surface area (Å²) in [6.45, 7) is 7.03. The maximum absolute atomic E-state index is 10.8. The third kappa shape index (κ3) is 4.31. The molecule has 2 aliphatic rings. The molecule has 11 heteroatoms. The number of fused-ring (bicyclic) bond motifs is 1. The molecule has 2 saturated carbocycles. The van der Waals surface area contributed by atoms with Crippen LogP contribution in [-0.4, -0.2) is 64.6 Å². The molecule has 4 atom stereocenters. The van der Waals surface area contributed by atoms with Crippen LogP contribution in [0.1, 0.15) is 44.5 Å². The summed E-state index contributed by atoms with van der Waals surface area (Å²) in [7, 11) is 0. The van der Waals surface area contributed by atoms with Crippen molar-refractivity contribution in [2.75, 3.05) is 10.6 Å². The van der Waals surface area contributed by atoms with Gasteiger partial charge >= 0.3 is 0 Å². The molecule has 0 aromatic carbocycles. The third-order valence-corrected chi connectivity index (χ3v) is 8.06. The Kier molecular flexibility index (Phi) is 5.68. The highest BCUT2D eigenvalue weighted by Crippen LogP contribution is 2.42. The van der Waals surface area contributed by atoms with Crippen LogP contribution < -0.4 is 10.6 Å². The van der Waals surface area contributed by atoms with Crippen molar-refractivity contribution in [3.05, 3.63) is 23.7 Å². The molecule has 0 radical (unpaired) electrons. The number of aryl methyl sites for hydroxylation is 2. The number of hydrogen-bond acceptors (Lipinski definition) is 11. The maximum Gasteiger partial charge on any atom is 0.226 e. The molecule has 3 aromatic rings. The van der Waals surface area contributed by atoms with E-state index >= 15 is 0 Å². The van der Waals surface area contributed by atoms with Crippen molar-refractivity contribution in [1.82, 2.24) is 19.9 Å². The molecular weight excluding hydrogens is 466 g/mol. The van der Waals surface area contributed by atoms with Crippen LogP contribution in [-0.2, 0) is 0 Å². The van der Waals surface area contributed by atoms with Crippen molar-refractivity contribution in [3.63, 3.8) is 0 Å². The standard InChI is InChI=1S/C24H29N7O3S/c1-11-16(21-29-17-12(2)26-8-5-15(17)35-21)20(30-22(27-11)31-24(10-25)6-7-24)28-14-9-13(23(3,4)34)18(32)19(14)33/h5,8,13-14,18-19,32-34H,6-7,9H2,1-4H3,(H2,27,28,30,31)/t13-,14+,18+,19-/m0/s1. The van der Waals surface area contributed by atoms with Gasteiger partial charge in [-0.05, 0) is 53.0 Å². The summed E-state index contributed by atoms with van der Waals surface area (Å²) >= 11 is 1.50. The zero-order valence-corrected chi connectivity index (χ0v) is 20.9. The van der Waals surface area contributed by atoms with Crippen LogP contribution >= 0.6 is 11.3 Å². The summed E-state index contributed by atoms with van der Waals surface area (Å²) in [4.78, 5) is 18.5. The van der Waals surface area contributed by atoms with Gasteiger partial charge in [-0.25, -0.2) is 9.97 Å². The van der Waals surface area contributed by atoms with E-state index in [4.69, 9.17) is 9.97 Å². The van der Waals surface area contributed by atoms with Crippen LogP contribution in [0.2, 0.25) is 0 Å². The van der Waals surface area contributed by atoms with Crippen LogP contribution in [0.5, 0.6) is 0 Å². The highest BCUT2D eigenvalue weighted by atomic mass is 32.1. The summed E-state index contributed by atoms with van der Waals surface area (Å²) in [5, 5.41) is 48.6. The van der Waals surface area contributed by atoms with Gasteiger partial charge in [-0.1, -0.05) is 0 Å². The second kappa shape index (κ2) is 8.34. The molecule has 35 heavy (non-hydrogen) atoms. The first-order valence-corrected chi connectivity index (χ1v) is 12.5. The molecule has 0 bridgehead atoms. The van der Waals surface area contributed by atoms with Crippen LogP contribution in [0, 0.1) is 31.1 Å². The lowest BCUT2D eigenvalue weighted by molar-refractivity contribution is -0.0601. The van der Waals surface area contributed by atoms with E-state index in [-0.39, 0.29) is 0 Å². The Bertz CT molecular complexity index is 1330. The number of anilines is 2. The van der Waals surface area contributed by atoms with E-state index in [1.165, 1.54) is 11.3 Å². The number of nitriles is 1. The van der Waals surface area contributed by atoms with E-state index in [0.29, 0.717) is 34.5 Å². The van der Waals surface area contributed by atoms with E-state index in [1.54, 1.807) is 20.0 Å². The topological polar surface area (TPSA) is 160 Å². The predicted octanol–water partition coefficient (Wildman–Crippen LogP) is 2.53. The zero-order valence-electron chi connectivity index (χ0n) is 20.1. The summed E-state index contributed by atoms with van der Waals surface area (Å²) in [6.07, 6.45) is 1.37. The first-order valence-electron chi connectivity index (χ1n) is 11.7. The fourth-order valence-corrected chi connectivity index (χ4v) is 5.85. The van der Waals surface area contributed by atoms with Gasteiger partial charge in [-0.3, -0.25) is 4.98 Å². The molecule has 3 aromatic heterocycles. The first-order chi connectivity index (χ1) is 16.5. The second-order valence-corrected chi connectivity index (χ2v) is 11.2. The Morgan fingerprint density at radius 2 is 1.89 bits per heavy atom. The molecule has 0 unspecified atom stereocenters. The molecule has 2 aliphatic carbocycles. The van der Waals surface area contributed by atoms with E-state index in [2.05, 4.69) is 26.7 Å². The molecule has 184 valence electrons. The van der Waals surface area contributed by atoms with Crippen molar-refractivity contribution < 1.29 is 15.3 Å². The van der Waals surface area contributed by atoms with E-state index in [0.717, 1.165) is 28.8 Å². The Morgan fingerprint density at radius 1 is 1.14 bits per heavy atom. The van der Waals surface area contributed by atoms with Gasteiger partial charge in [0.25, 0.3) is 0 Å². The molecule has 3 heterocycles. The van der Waals surface area contributed by atoms with Crippen LogP contribution in [0.25, 0.3) is 20.8 Å². The molecule has 0 amide bonds. The van der Waals surface area contributed by atoms with Crippen LogP contribution in [0.15, 0.2) is 12.3 Å². The summed E-state index contributed by atoms with van der Waals surface area (Å²) < 4.78 is 0.986. The lowest BCUT2D eigenvalue weighted by atomic mass is 9.88. The number of nitrogens with zero attached hydrogens (tertiary/aromatic N) is 5. The molecule has 2 fully saturated rings. The lowest BCUT2D eigenvalue weighted by Crippen LogP contribution is -2.40. The minimum atomic E-state index is -1.16. The number of thiazole rings is 1. The normalized spacial score (nSPS) is 25.4. The number of rotatable bonds is 6. The Morgan fingerprint density at radius 3 is 2.49 bits per heavy atom. The number of nitrogens with one attached hydrogen (secondary N) is 2. The van der Waals surface area contributed by atoms with Crippen molar-refractivity contribution >= 4 is 33.3 Å². The van der Waals surface area contributed by atoms with Gasteiger partial charge in [-0.15, -0.1) is 11.3 Å². The molecule has 0 spiro atoms. The number of aromatic nitrogens is 4. The average Bonchev–Trinajstić information content (AvgIpc) is 3.32. The fraction of sp³-hybridized carbons (Fsp3) is 0.542. The molecule has 0 aliphatic heterocycles. The van der Waals surface area contributed by atoms with Crippen molar-refractivity contribution in [2.45, 2.75) is 76.3 Å². The SMILES string of the molecule is Cc1nc(NC2(C#N)CC2)nc(N[C@@H]2C[C@H](C(C)(C)O)[C@@H](O)[C@H]2O)c1-c1nc2c(C)nccc2s1. The second-order valence-electron chi connectivity index (χ2n) is 10.2. The highest BCUT2D eigenvalue weighted by Gasteiger charge is 2.48. The van der Waals surface area contributed by atoms with Crippen molar-refractivity contribution in [3.8, 4) is 16.6 Å². The minimum absolute atomic E-state index is 0.318. The molecular formula is C24H29N7O3S. The van der Waals surface area contributed by atoms with E-state index in [1.807, 2.05) is 19.9 Å². The molecule has 5 N–H and O–H groups in total. The van der Waals surface area contributed by atoms with Gasteiger partial charge < -0.3 is 26.0 Å². The monoisotopic (exact) mass is 495 g/mol. The Balaban J connectivity index is 1.57.